The SMILES string of the molecule is COc1ccc(C(=O)CSc2cccc(NC(=O)/C(=C/c3ccc(N(C)C)cc3)NC(=O)c3ccccc3)c2)cc1. The highest BCUT2D eigenvalue weighted by atomic mass is 32.2. The van der Waals surface area contributed by atoms with Gasteiger partial charge >= 0.3 is 0 Å². The molecule has 0 bridgehead atoms. The molecule has 0 spiro atoms. The number of carbonyl (C=O) groups is 3. The average molecular weight is 566 g/mol. The Bertz CT molecular complexity index is 1530. The van der Waals surface area contributed by atoms with E-state index in [-0.39, 0.29) is 17.2 Å². The third-order valence-corrected chi connectivity index (χ3v) is 7.12. The van der Waals surface area contributed by atoms with Crippen LogP contribution in [0.3, 0.4) is 0 Å². The summed E-state index contributed by atoms with van der Waals surface area (Å²) in [6.45, 7) is 0. The van der Waals surface area contributed by atoms with Crippen molar-refractivity contribution in [2.75, 3.05) is 37.2 Å². The standard InChI is InChI=1S/C33H31N3O4S/c1-36(2)27-16-12-23(13-17-27)20-30(35-32(38)25-8-5-4-6-9-25)33(39)34-26-10-7-11-29(21-26)41-22-31(37)24-14-18-28(40-3)19-15-24/h4-21H,22H2,1-3H3,(H,34,39)(H,35,38)/b30-20-. The van der Waals surface area contributed by atoms with Crippen LogP contribution in [0.1, 0.15) is 26.3 Å². The van der Waals surface area contributed by atoms with Crippen LogP contribution in [-0.4, -0.2) is 44.6 Å². The molecule has 0 aliphatic carbocycles. The quantitative estimate of drug-likeness (QED) is 0.129. The van der Waals surface area contributed by atoms with Gasteiger partial charge in [0.05, 0.1) is 12.9 Å². The van der Waals surface area contributed by atoms with Crippen molar-refractivity contribution in [3.8, 4) is 5.75 Å². The summed E-state index contributed by atoms with van der Waals surface area (Å²) in [6.07, 6.45) is 1.64. The van der Waals surface area contributed by atoms with E-state index < -0.39 is 11.8 Å². The first-order valence-electron chi connectivity index (χ1n) is 12.9. The molecule has 0 aliphatic heterocycles. The zero-order valence-electron chi connectivity index (χ0n) is 23.1. The molecule has 0 saturated carbocycles. The Labute approximate surface area is 244 Å². The summed E-state index contributed by atoms with van der Waals surface area (Å²) >= 11 is 1.38. The predicted molar refractivity (Wildman–Crippen MR) is 166 cm³/mol. The number of hydrogen-bond acceptors (Lipinski definition) is 6. The second-order valence-corrected chi connectivity index (χ2v) is 10.3. The number of rotatable bonds is 11. The first-order chi connectivity index (χ1) is 19.8. The number of hydrogen-bond donors (Lipinski definition) is 2. The molecule has 0 heterocycles. The lowest BCUT2D eigenvalue weighted by atomic mass is 10.1. The van der Waals surface area contributed by atoms with E-state index in [4.69, 9.17) is 4.74 Å². The summed E-state index contributed by atoms with van der Waals surface area (Å²) in [5.74, 6) is 0.0591. The molecule has 7 nitrogen and oxygen atoms in total. The van der Waals surface area contributed by atoms with Gasteiger partial charge in [-0.2, -0.15) is 0 Å². The second-order valence-electron chi connectivity index (χ2n) is 9.29. The summed E-state index contributed by atoms with van der Waals surface area (Å²) in [6, 6.07) is 30.6. The van der Waals surface area contributed by atoms with Gasteiger partial charge in [0.1, 0.15) is 11.4 Å². The molecule has 0 aromatic heterocycles. The molecule has 2 amide bonds. The highest BCUT2D eigenvalue weighted by Gasteiger charge is 2.16. The van der Waals surface area contributed by atoms with Crippen LogP contribution < -0.4 is 20.3 Å². The normalized spacial score (nSPS) is 11.0. The van der Waals surface area contributed by atoms with E-state index in [1.54, 1.807) is 73.8 Å². The molecule has 8 heteroatoms. The van der Waals surface area contributed by atoms with E-state index in [1.165, 1.54) is 11.8 Å². The minimum Gasteiger partial charge on any atom is -0.497 e. The van der Waals surface area contributed by atoms with Gasteiger partial charge < -0.3 is 20.3 Å². The number of thioether (sulfide) groups is 1. The molecule has 0 aliphatic rings. The summed E-state index contributed by atoms with van der Waals surface area (Å²) in [5, 5.41) is 5.64. The molecule has 41 heavy (non-hydrogen) atoms. The van der Waals surface area contributed by atoms with Crippen molar-refractivity contribution in [3.63, 3.8) is 0 Å². The Morgan fingerprint density at radius 1 is 0.829 bits per heavy atom. The number of ether oxygens (including phenoxy) is 1. The summed E-state index contributed by atoms with van der Waals surface area (Å²) < 4.78 is 5.15. The van der Waals surface area contributed by atoms with Gasteiger partial charge in [0, 0.05) is 41.5 Å². The van der Waals surface area contributed by atoms with Crippen molar-refractivity contribution in [1.82, 2.24) is 5.32 Å². The zero-order chi connectivity index (χ0) is 29.2. The number of benzene rings is 4. The lowest BCUT2D eigenvalue weighted by molar-refractivity contribution is -0.113. The largest absolute Gasteiger partial charge is 0.497 e. The number of nitrogens with one attached hydrogen (secondary N) is 2. The molecule has 0 saturated heterocycles. The Balaban J connectivity index is 1.48. The average Bonchev–Trinajstić information content (AvgIpc) is 3.00. The van der Waals surface area contributed by atoms with Crippen LogP contribution in [0.2, 0.25) is 0 Å². The van der Waals surface area contributed by atoms with Crippen molar-refractivity contribution in [1.29, 1.82) is 0 Å². The number of Topliss-reactive ketones (excluding diaryl/α,β-unsaturated/α-hetero) is 1. The number of amides is 2. The van der Waals surface area contributed by atoms with E-state index in [0.717, 1.165) is 16.1 Å². The topological polar surface area (TPSA) is 87.7 Å². The number of anilines is 2. The molecular formula is C33H31N3O4S. The van der Waals surface area contributed by atoms with Gasteiger partial charge in [0.15, 0.2) is 5.78 Å². The van der Waals surface area contributed by atoms with Crippen molar-refractivity contribution in [2.45, 2.75) is 4.90 Å². The van der Waals surface area contributed by atoms with Crippen molar-refractivity contribution in [3.05, 3.63) is 126 Å². The second kappa shape index (κ2) is 14.0. The summed E-state index contributed by atoms with van der Waals surface area (Å²) in [7, 11) is 5.48. The maximum absolute atomic E-state index is 13.4. The highest BCUT2D eigenvalue weighted by molar-refractivity contribution is 8.00. The zero-order valence-corrected chi connectivity index (χ0v) is 23.9. The molecule has 4 aromatic rings. The van der Waals surface area contributed by atoms with Crippen LogP contribution in [0.5, 0.6) is 5.75 Å². The van der Waals surface area contributed by atoms with Gasteiger partial charge in [-0.05, 0) is 78.4 Å². The van der Waals surface area contributed by atoms with Crippen LogP contribution in [-0.2, 0) is 4.79 Å². The fourth-order valence-corrected chi connectivity index (χ4v) is 4.70. The molecule has 0 radical (unpaired) electrons. The molecule has 0 atom stereocenters. The fourth-order valence-electron chi connectivity index (χ4n) is 3.85. The monoisotopic (exact) mass is 565 g/mol. The van der Waals surface area contributed by atoms with E-state index in [0.29, 0.717) is 22.6 Å². The summed E-state index contributed by atoms with van der Waals surface area (Å²) in [5.41, 5.74) is 3.46. The first kappa shape index (κ1) is 29.2. The Morgan fingerprint density at radius 2 is 1.54 bits per heavy atom. The molecule has 4 aromatic carbocycles. The number of ketones is 1. The van der Waals surface area contributed by atoms with Crippen LogP contribution in [0.4, 0.5) is 11.4 Å². The maximum atomic E-state index is 13.4. The van der Waals surface area contributed by atoms with Crippen LogP contribution in [0, 0.1) is 0 Å². The van der Waals surface area contributed by atoms with Crippen molar-refractivity contribution in [2.24, 2.45) is 0 Å². The van der Waals surface area contributed by atoms with E-state index >= 15 is 0 Å². The molecule has 4 rings (SSSR count). The third-order valence-electron chi connectivity index (χ3n) is 6.12. The lowest BCUT2D eigenvalue weighted by Gasteiger charge is -2.14. The minimum atomic E-state index is -0.470. The molecule has 208 valence electrons. The van der Waals surface area contributed by atoms with E-state index in [9.17, 15) is 14.4 Å². The number of methoxy groups -OCH3 is 1. The Hall–Kier alpha value is -4.82. The van der Waals surface area contributed by atoms with Crippen molar-refractivity contribution < 1.29 is 19.1 Å². The molecule has 0 unspecified atom stereocenters. The van der Waals surface area contributed by atoms with E-state index in [1.807, 2.05) is 61.5 Å². The van der Waals surface area contributed by atoms with E-state index in [2.05, 4.69) is 10.6 Å². The molecule has 0 fully saturated rings. The fraction of sp³-hybridized carbons (Fsp3) is 0.121. The van der Waals surface area contributed by atoms with Crippen LogP contribution in [0.25, 0.3) is 6.08 Å². The van der Waals surface area contributed by atoms with Gasteiger partial charge in [0.25, 0.3) is 11.8 Å². The smallest absolute Gasteiger partial charge is 0.272 e. The number of nitrogens with zero attached hydrogens (tertiary/aromatic N) is 1. The van der Waals surface area contributed by atoms with Crippen molar-refractivity contribution >= 4 is 46.8 Å². The van der Waals surface area contributed by atoms with Gasteiger partial charge in [-0.15, -0.1) is 11.8 Å². The Kier molecular flexibility index (Phi) is 9.96. The Morgan fingerprint density at radius 3 is 2.20 bits per heavy atom. The predicted octanol–water partition coefficient (Wildman–Crippen LogP) is 6.15. The minimum absolute atomic E-state index is 0.0128. The highest BCUT2D eigenvalue weighted by Crippen LogP contribution is 2.24. The van der Waals surface area contributed by atoms with Crippen LogP contribution >= 0.6 is 11.8 Å². The lowest BCUT2D eigenvalue weighted by Crippen LogP contribution is -2.30. The van der Waals surface area contributed by atoms with Gasteiger partial charge in [-0.3, -0.25) is 14.4 Å². The molecular weight excluding hydrogens is 534 g/mol. The van der Waals surface area contributed by atoms with Gasteiger partial charge in [-0.25, -0.2) is 0 Å². The third kappa shape index (κ3) is 8.33. The molecule has 2 N–H and O–H groups in total. The first-order valence-corrected chi connectivity index (χ1v) is 13.9. The maximum Gasteiger partial charge on any atom is 0.272 e. The van der Waals surface area contributed by atoms with Crippen LogP contribution in [0.15, 0.2) is 114 Å². The summed E-state index contributed by atoms with van der Waals surface area (Å²) in [4.78, 5) is 41.8. The van der Waals surface area contributed by atoms with Gasteiger partial charge in [-0.1, -0.05) is 36.4 Å². The number of carbonyl (C=O) groups excluding carboxylic acids is 3. The van der Waals surface area contributed by atoms with Gasteiger partial charge in [0.2, 0.25) is 0 Å².